The second kappa shape index (κ2) is 8.39. The van der Waals surface area contributed by atoms with Crippen LogP contribution in [-0.2, 0) is 9.59 Å². The molecule has 0 spiro atoms. The van der Waals surface area contributed by atoms with Crippen molar-refractivity contribution in [1.29, 1.82) is 0 Å². The van der Waals surface area contributed by atoms with E-state index in [1.54, 1.807) is 30.3 Å². The molecule has 3 aromatic carbocycles. The summed E-state index contributed by atoms with van der Waals surface area (Å²) in [5.41, 5.74) is 0.959. The zero-order valence-electron chi connectivity index (χ0n) is 16.6. The topological polar surface area (TPSA) is 58.6 Å². The monoisotopic (exact) mass is 420 g/mol. The molecule has 0 radical (unpaired) electrons. The first kappa shape index (κ1) is 20.3. The highest BCUT2D eigenvalue weighted by Crippen LogP contribution is 2.34. The summed E-state index contributed by atoms with van der Waals surface area (Å²) < 4.78 is 32.9. The summed E-state index contributed by atoms with van der Waals surface area (Å²) >= 11 is 0. The highest BCUT2D eigenvalue weighted by molar-refractivity contribution is 6.46. The molecule has 0 atom stereocenters. The molecule has 0 aliphatic carbocycles. The third-order valence-electron chi connectivity index (χ3n) is 4.70. The predicted molar refractivity (Wildman–Crippen MR) is 113 cm³/mol. The number of ether oxygens (including phenoxy) is 1. The highest BCUT2D eigenvalue weighted by atomic mass is 19.1. The fourth-order valence-corrected chi connectivity index (χ4v) is 3.36. The van der Waals surface area contributed by atoms with Crippen molar-refractivity contribution in [2.45, 2.75) is 6.92 Å². The molecule has 0 saturated carbocycles. The number of hydrogen-bond acceptors (Lipinski definition) is 4. The molecule has 2 amide bonds. The lowest BCUT2D eigenvalue weighted by Gasteiger charge is -2.15. The van der Waals surface area contributed by atoms with Crippen LogP contribution in [0.25, 0.3) is 5.57 Å². The molecule has 4 rings (SSSR count). The number of halogens is 2. The van der Waals surface area contributed by atoms with Crippen molar-refractivity contribution in [3.63, 3.8) is 0 Å². The molecule has 7 heteroatoms. The first-order valence-corrected chi connectivity index (χ1v) is 9.62. The molecule has 5 nitrogen and oxygen atoms in total. The molecule has 3 aromatic rings. The summed E-state index contributed by atoms with van der Waals surface area (Å²) in [5, 5.41) is 2.87. The number of anilines is 2. The number of benzene rings is 3. The lowest BCUT2D eigenvalue weighted by atomic mass is 10.0. The van der Waals surface area contributed by atoms with E-state index in [0.29, 0.717) is 23.6 Å². The van der Waals surface area contributed by atoms with Gasteiger partial charge in [-0.1, -0.05) is 24.3 Å². The van der Waals surface area contributed by atoms with Gasteiger partial charge in [-0.05, 0) is 61.0 Å². The second-order valence-electron chi connectivity index (χ2n) is 6.77. The maximum atomic E-state index is 13.8. The number of carbonyl (C=O) groups is 2. The van der Waals surface area contributed by atoms with E-state index < -0.39 is 23.4 Å². The Labute approximate surface area is 177 Å². The number of rotatable bonds is 6. The number of hydrogen-bond donors (Lipinski definition) is 1. The first-order valence-electron chi connectivity index (χ1n) is 9.62. The normalized spacial score (nSPS) is 13.7. The van der Waals surface area contributed by atoms with Crippen LogP contribution in [0, 0.1) is 11.6 Å². The fourth-order valence-electron chi connectivity index (χ4n) is 3.36. The van der Waals surface area contributed by atoms with E-state index in [4.69, 9.17) is 4.74 Å². The largest absolute Gasteiger partial charge is 0.494 e. The standard InChI is InChI=1S/C24H18F2N2O3/c1-2-31-20-11-9-15(10-12-20)21-22(27-18-7-3-5-16(25)13-18)24(30)28(23(21)29)19-8-4-6-17(26)14-19/h3-14,27H,2H2,1H3. The van der Waals surface area contributed by atoms with Gasteiger partial charge in [-0.2, -0.15) is 0 Å². The molecular formula is C24H18F2N2O3. The molecule has 0 aromatic heterocycles. The Morgan fingerprint density at radius 3 is 2.19 bits per heavy atom. The van der Waals surface area contributed by atoms with Crippen LogP contribution in [0.4, 0.5) is 20.2 Å². The van der Waals surface area contributed by atoms with E-state index in [1.165, 1.54) is 36.4 Å². The lowest BCUT2D eigenvalue weighted by molar-refractivity contribution is -0.120. The molecule has 0 saturated heterocycles. The predicted octanol–water partition coefficient (Wildman–Crippen LogP) is 4.76. The number of nitrogens with zero attached hydrogens (tertiary/aromatic N) is 1. The van der Waals surface area contributed by atoms with E-state index in [9.17, 15) is 18.4 Å². The number of nitrogens with one attached hydrogen (secondary N) is 1. The summed E-state index contributed by atoms with van der Waals surface area (Å²) in [5.74, 6) is -1.73. The van der Waals surface area contributed by atoms with Crippen LogP contribution in [-0.4, -0.2) is 18.4 Å². The average Bonchev–Trinajstić information content (AvgIpc) is 2.98. The molecule has 1 aliphatic rings. The minimum absolute atomic E-state index is 0.0241. The van der Waals surface area contributed by atoms with Crippen molar-refractivity contribution in [3.05, 3.63) is 95.7 Å². The summed E-state index contributed by atoms with van der Waals surface area (Å²) in [6.07, 6.45) is 0. The van der Waals surface area contributed by atoms with Crippen molar-refractivity contribution in [3.8, 4) is 5.75 Å². The van der Waals surface area contributed by atoms with Crippen LogP contribution in [0.3, 0.4) is 0 Å². The van der Waals surface area contributed by atoms with Crippen LogP contribution < -0.4 is 15.0 Å². The van der Waals surface area contributed by atoms with E-state index in [1.807, 2.05) is 6.92 Å². The van der Waals surface area contributed by atoms with Crippen molar-refractivity contribution >= 4 is 28.8 Å². The van der Waals surface area contributed by atoms with Crippen LogP contribution in [0.2, 0.25) is 0 Å². The van der Waals surface area contributed by atoms with Crippen molar-refractivity contribution < 1.29 is 23.1 Å². The summed E-state index contributed by atoms with van der Waals surface area (Å²) in [6, 6.07) is 17.5. The molecular weight excluding hydrogens is 402 g/mol. The van der Waals surface area contributed by atoms with Gasteiger partial charge in [0.2, 0.25) is 0 Å². The van der Waals surface area contributed by atoms with Gasteiger partial charge in [0.15, 0.2) is 0 Å². The van der Waals surface area contributed by atoms with Gasteiger partial charge in [-0.15, -0.1) is 0 Å². The third kappa shape index (κ3) is 4.02. The molecule has 156 valence electrons. The quantitative estimate of drug-likeness (QED) is 0.584. The Bertz CT molecular complexity index is 1190. The number of amides is 2. The van der Waals surface area contributed by atoms with Crippen molar-refractivity contribution in [2.24, 2.45) is 0 Å². The zero-order valence-corrected chi connectivity index (χ0v) is 16.6. The van der Waals surface area contributed by atoms with E-state index in [2.05, 4.69) is 5.32 Å². The maximum Gasteiger partial charge on any atom is 0.282 e. The smallest absolute Gasteiger partial charge is 0.282 e. The van der Waals surface area contributed by atoms with Gasteiger partial charge >= 0.3 is 0 Å². The molecule has 1 N–H and O–H groups in total. The SMILES string of the molecule is CCOc1ccc(C2=C(Nc3cccc(F)c3)C(=O)N(c3cccc(F)c3)C2=O)cc1. The molecule has 0 bridgehead atoms. The second-order valence-corrected chi connectivity index (χ2v) is 6.77. The molecule has 31 heavy (non-hydrogen) atoms. The van der Waals surface area contributed by atoms with Crippen LogP contribution in [0.15, 0.2) is 78.5 Å². The Morgan fingerprint density at radius 1 is 0.871 bits per heavy atom. The van der Waals surface area contributed by atoms with E-state index in [0.717, 1.165) is 11.0 Å². The maximum absolute atomic E-state index is 13.8. The third-order valence-corrected chi connectivity index (χ3v) is 4.70. The van der Waals surface area contributed by atoms with Gasteiger partial charge in [-0.25, -0.2) is 13.7 Å². The van der Waals surface area contributed by atoms with E-state index >= 15 is 0 Å². The zero-order chi connectivity index (χ0) is 22.0. The van der Waals surface area contributed by atoms with Gasteiger partial charge in [-0.3, -0.25) is 9.59 Å². The average molecular weight is 420 g/mol. The molecule has 1 heterocycles. The summed E-state index contributed by atoms with van der Waals surface area (Å²) in [6.45, 7) is 2.34. The summed E-state index contributed by atoms with van der Waals surface area (Å²) in [4.78, 5) is 27.4. The Kier molecular flexibility index (Phi) is 5.49. The van der Waals surface area contributed by atoms with Crippen LogP contribution in [0.1, 0.15) is 12.5 Å². The number of carbonyl (C=O) groups excluding carboxylic acids is 2. The van der Waals surface area contributed by atoms with Crippen LogP contribution >= 0.6 is 0 Å². The van der Waals surface area contributed by atoms with Gasteiger partial charge in [0.1, 0.15) is 23.1 Å². The highest BCUT2D eigenvalue weighted by Gasteiger charge is 2.40. The first-order chi connectivity index (χ1) is 15.0. The Balaban J connectivity index is 1.80. The minimum Gasteiger partial charge on any atom is -0.494 e. The number of imide groups is 1. The molecule has 0 unspecified atom stereocenters. The fraction of sp³-hybridized carbons (Fsp3) is 0.0833. The van der Waals surface area contributed by atoms with Gasteiger partial charge < -0.3 is 10.1 Å². The Morgan fingerprint density at radius 2 is 1.55 bits per heavy atom. The van der Waals surface area contributed by atoms with Crippen molar-refractivity contribution in [1.82, 2.24) is 0 Å². The molecule has 1 aliphatic heterocycles. The van der Waals surface area contributed by atoms with E-state index in [-0.39, 0.29) is 17.0 Å². The molecule has 0 fully saturated rings. The van der Waals surface area contributed by atoms with Gasteiger partial charge in [0.25, 0.3) is 11.8 Å². The van der Waals surface area contributed by atoms with Crippen LogP contribution in [0.5, 0.6) is 5.75 Å². The lowest BCUT2D eigenvalue weighted by Crippen LogP contribution is -2.32. The Hall–Kier alpha value is -4.00. The van der Waals surface area contributed by atoms with Crippen molar-refractivity contribution in [2.75, 3.05) is 16.8 Å². The summed E-state index contributed by atoms with van der Waals surface area (Å²) in [7, 11) is 0. The van der Waals surface area contributed by atoms with Gasteiger partial charge in [0.05, 0.1) is 17.9 Å². The van der Waals surface area contributed by atoms with Gasteiger partial charge in [0, 0.05) is 5.69 Å². The minimum atomic E-state index is -0.663.